The molecular formula is C11H10NO2S. The van der Waals surface area contributed by atoms with E-state index in [0.717, 1.165) is 5.56 Å². The Kier molecular flexibility index (Phi) is 2.36. The summed E-state index contributed by atoms with van der Waals surface area (Å²) >= 11 is 0. The Morgan fingerprint density at radius 2 is 2.00 bits per heavy atom. The molecule has 15 heavy (non-hydrogen) atoms. The summed E-state index contributed by atoms with van der Waals surface area (Å²) in [6.45, 7) is 1.77. The predicted octanol–water partition coefficient (Wildman–Crippen LogP) is 1.96. The normalized spacial score (nSPS) is 11.5. The van der Waals surface area contributed by atoms with E-state index in [2.05, 4.69) is 11.1 Å². The Hall–Kier alpha value is -1.55. The first kappa shape index (κ1) is 9.98. The molecule has 4 heteroatoms. The van der Waals surface area contributed by atoms with Gasteiger partial charge in [0.05, 0.1) is 4.90 Å². The molecule has 0 atom stereocenters. The number of aryl methyl sites for hydroxylation is 1. The van der Waals surface area contributed by atoms with Crippen molar-refractivity contribution in [1.29, 1.82) is 0 Å². The second-order valence-electron chi connectivity index (χ2n) is 3.22. The van der Waals surface area contributed by atoms with Gasteiger partial charge in [0.2, 0.25) is 9.84 Å². The van der Waals surface area contributed by atoms with Crippen LogP contribution in [-0.4, -0.2) is 13.4 Å². The quantitative estimate of drug-likeness (QED) is 0.841. The fourth-order valence-corrected chi connectivity index (χ4v) is 2.82. The van der Waals surface area contributed by atoms with Crippen molar-refractivity contribution in [3.63, 3.8) is 0 Å². The Morgan fingerprint density at radius 1 is 1.27 bits per heavy atom. The topological polar surface area (TPSA) is 49.9 Å². The summed E-state index contributed by atoms with van der Waals surface area (Å²) in [7, 11) is -3.44. The number of hydrogen-bond acceptors (Lipinski definition) is 2. The lowest BCUT2D eigenvalue weighted by molar-refractivity contribution is 0.592. The largest absolute Gasteiger partial charge is 0.352 e. The summed E-state index contributed by atoms with van der Waals surface area (Å²) in [5.41, 5.74) is 0.737. The van der Waals surface area contributed by atoms with Gasteiger partial charge in [-0.05, 0) is 24.6 Å². The standard InChI is InChI=1S/C11H10NO2S/c1-9-5-2-3-6-10(9)15(13,14)11-7-4-8-12-11/h2-6,8,12H,1H3. The second kappa shape index (κ2) is 3.55. The summed E-state index contributed by atoms with van der Waals surface area (Å²) in [5.74, 6) is 0. The number of H-pyrrole nitrogens is 1. The highest BCUT2D eigenvalue weighted by Crippen LogP contribution is 2.21. The second-order valence-corrected chi connectivity index (χ2v) is 5.08. The van der Waals surface area contributed by atoms with Gasteiger partial charge in [-0.3, -0.25) is 0 Å². The van der Waals surface area contributed by atoms with Crippen LogP contribution >= 0.6 is 0 Å². The minimum atomic E-state index is -3.44. The lowest BCUT2D eigenvalue weighted by Gasteiger charge is -2.04. The molecule has 1 aromatic carbocycles. The van der Waals surface area contributed by atoms with E-state index in [1.807, 2.05) is 6.07 Å². The van der Waals surface area contributed by atoms with Crippen LogP contribution < -0.4 is 0 Å². The molecule has 0 aliphatic rings. The molecule has 2 aromatic rings. The number of hydrogen-bond donors (Lipinski definition) is 1. The van der Waals surface area contributed by atoms with Gasteiger partial charge in [-0.2, -0.15) is 0 Å². The lowest BCUT2D eigenvalue weighted by Crippen LogP contribution is -2.04. The van der Waals surface area contributed by atoms with E-state index in [4.69, 9.17) is 0 Å². The van der Waals surface area contributed by atoms with Crippen molar-refractivity contribution >= 4 is 9.84 Å². The van der Waals surface area contributed by atoms with E-state index in [-0.39, 0.29) is 5.03 Å². The zero-order valence-electron chi connectivity index (χ0n) is 8.19. The third kappa shape index (κ3) is 1.68. The number of sulfone groups is 1. The number of nitrogens with one attached hydrogen (secondary N) is 1. The van der Waals surface area contributed by atoms with Crippen LogP contribution in [0.5, 0.6) is 0 Å². The van der Waals surface area contributed by atoms with E-state index in [0.29, 0.717) is 4.90 Å². The minimum absolute atomic E-state index is 0.108. The molecule has 0 fully saturated rings. The van der Waals surface area contributed by atoms with Crippen molar-refractivity contribution in [3.05, 3.63) is 48.2 Å². The van der Waals surface area contributed by atoms with Crippen LogP contribution in [0.2, 0.25) is 0 Å². The molecule has 1 aromatic heterocycles. The first-order valence-electron chi connectivity index (χ1n) is 4.48. The highest BCUT2D eigenvalue weighted by atomic mass is 32.2. The van der Waals surface area contributed by atoms with Crippen LogP contribution in [0.4, 0.5) is 0 Å². The summed E-state index contributed by atoms with van der Waals surface area (Å²) in [6, 6.07) is 11.1. The van der Waals surface area contributed by atoms with Gasteiger partial charge in [0.25, 0.3) is 0 Å². The smallest absolute Gasteiger partial charge is 0.222 e. The number of aromatic amines is 1. The fraction of sp³-hybridized carbons (Fsp3) is 0.0909. The Labute approximate surface area is 88.7 Å². The number of benzene rings is 1. The molecule has 0 saturated heterocycles. The zero-order valence-corrected chi connectivity index (χ0v) is 9.01. The van der Waals surface area contributed by atoms with Crippen LogP contribution in [0.1, 0.15) is 5.56 Å². The molecule has 1 N–H and O–H groups in total. The van der Waals surface area contributed by atoms with Crippen molar-refractivity contribution < 1.29 is 8.42 Å². The third-order valence-corrected chi connectivity index (χ3v) is 3.97. The Bertz CT molecular complexity index is 556. The lowest BCUT2D eigenvalue weighted by atomic mass is 10.2. The maximum absolute atomic E-state index is 12.1. The van der Waals surface area contributed by atoms with Gasteiger partial charge in [-0.15, -0.1) is 0 Å². The van der Waals surface area contributed by atoms with Gasteiger partial charge in [0.1, 0.15) is 5.03 Å². The van der Waals surface area contributed by atoms with E-state index in [1.54, 1.807) is 37.4 Å². The van der Waals surface area contributed by atoms with Crippen molar-refractivity contribution in [2.45, 2.75) is 16.8 Å². The van der Waals surface area contributed by atoms with Gasteiger partial charge in [-0.25, -0.2) is 8.42 Å². The van der Waals surface area contributed by atoms with Crippen LogP contribution in [-0.2, 0) is 9.84 Å². The number of aromatic nitrogens is 1. The van der Waals surface area contributed by atoms with E-state index < -0.39 is 9.84 Å². The molecule has 0 aliphatic carbocycles. The van der Waals surface area contributed by atoms with Crippen LogP contribution in [0.15, 0.2) is 46.5 Å². The molecule has 1 radical (unpaired) electrons. The maximum atomic E-state index is 12.1. The molecule has 0 spiro atoms. The monoisotopic (exact) mass is 220 g/mol. The summed E-state index contributed by atoms with van der Waals surface area (Å²) in [6.07, 6.45) is 1.55. The van der Waals surface area contributed by atoms with Gasteiger partial charge in [-0.1, -0.05) is 18.2 Å². The molecule has 2 rings (SSSR count). The first-order valence-corrected chi connectivity index (χ1v) is 5.96. The Balaban J connectivity index is 2.62. The Morgan fingerprint density at radius 3 is 2.60 bits per heavy atom. The zero-order chi connectivity index (χ0) is 10.9. The van der Waals surface area contributed by atoms with Crippen LogP contribution in [0.3, 0.4) is 0 Å². The maximum Gasteiger partial charge on any atom is 0.222 e. The highest BCUT2D eigenvalue weighted by Gasteiger charge is 2.19. The van der Waals surface area contributed by atoms with Crippen molar-refractivity contribution in [3.8, 4) is 0 Å². The molecule has 0 unspecified atom stereocenters. The van der Waals surface area contributed by atoms with E-state index >= 15 is 0 Å². The molecule has 0 bridgehead atoms. The van der Waals surface area contributed by atoms with Gasteiger partial charge < -0.3 is 4.98 Å². The molecule has 0 amide bonds. The molecule has 77 valence electrons. The van der Waals surface area contributed by atoms with Gasteiger partial charge in [0, 0.05) is 12.3 Å². The van der Waals surface area contributed by atoms with Gasteiger partial charge in [0.15, 0.2) is 0 Å². The van der Waals surface area contributed by atoms with Crippen molar-refractivity contribution in [1.82, 2.24) is 4.98 Å². The average Bonchev–Trinajstić information content (AvgIpc) is 2.71. The van der Waals surface area contributed by atoms with E-state index in [1.165, 1.54) is 0 Å². The SMILES string of the molecule is Cc1ccccc1S(=O)(=O)c1[c]cc[nH]1. The molecule has 0 aliphatic heterocycles. The van der Waals surface area contributed by atoms with Gasteiger partial charge >= 0.3 is 0 Å². The summed E-state index contributed by atoms with van der Waals surface area (Å²) in [5, 5.41) is 0.108. The average molecular weight is 220 g/mol. The molecular weight excluding hydrogens is 210 g/mol. The summed E-state index contributed by atoms with van der Waals surface area (Å²) in [4.78, 5) is 2.98. The van der Waals surface area contributed by atoms with Crippen molar-refractivity contribution in [2.24, 2.45) is 0 Å². The van der Waals surface area contributed by atoms with Crippen LogP contribution in [0.25, 0.3) is 0 Å². The van der Waals surface area contributed by atoms with Crippen molar-refractivity contribution in [2.75, 3.05) is 0 Å². The van der Waals surface area contributed by atoms with Crippen LogP contribution in [0, 0.1) is 13.0 Å². The summed E-state index contributed by atoms with van der Waals surface area (Å²) < 4.78 is 24.1. The molecule has 1 heterocycles. The number of rotatable bonds is 2. The predicted molar refractivity (Wildman–Crippen MR) is 56.3 cm³/mol. The fourth-order valence-electron chi connectivity index (χ4n) is 1.40. The molecule has 0 saturated carbocycles. The van der Waals surface area contributed by atoms with E-state index in [9.17, 15) is 8.42 Å². The minimum Gasteiger partial charge on any atom is -0.352 e. The third-order valence-electron chi connectivity index (χ3n) is 2.16. The molecule has 3 nitrogen and oxygen atoms in total. The highest BCUT2D eigenvalue weighted by molar-refractivity contribution is 7.91. The first-order chi connectivity index (χ1) is 7.12.